The predicted molar refractivity (Wildman–Crippen MR) is 56.0 cm³/mol. The van der Waals surface area contributed by atoms with E-state index in [0.29, 0.717) is 11.3 Å². The molecule has 0 spiro atoms. The fourth-order valence-electron chi connectivity index (χ4n) is 2.12. The third-order valence-electron chi connectivity index (χ3n) is 2.95. The van der Waals surface area contributed by atoms with Crippen molar-refractivity contribution in [1.82, 2.24) is 15.3 Å². The van der Waals surface area contributed by atoms with Gasteiger partial charge in [0, 0.05) is 0 Å². The Balaban J connectivity index is 2.11. The first-order valence-corrected chi connectivity index (χ1v) is 5.33. The second-order valence-corrected chi connectivity index (χ2v) is 4.03. The van der Waals surface area contributed by atoms with Gasteiger partial charge in [0.05, 0.1) is 11.6 Å². The van der Waals surface area contributed by atoms with E-state index in [1.165, 1.54) is 6.07 Å². The zero-order valence-corrected chi connectivity index (χ0v) is 8.56. The van der Waals surface area contributed by atoms with Crippen LogP contribution >= 0.6 is 0 Å². The molecule has 5 heteroatoms. The Morgan fingerprint density at radius 3 is 2.94 bits per heavy atom. The minimum Gasteiger partial charge on any atom is -0.341 e. The summed E-state index contributed by atoms with van der Waals surface area (Å²) in [5.74, 6) is -1.04. The SMILES string of the molecule is Fc1ccc2[nH]c([C@@H]3CCCN3)nc2c1F. The summed E-state index contributed by atoms with van der Waals surface area (Å²) < 4.78 is 26.4. The number of aromatic amines is 1. The van der Waals surface area contributed by atoms with Gasteiger partial charge in [0.2, 0.25) is 0 Å². The molecule has 0 radical (unpaired) electrons. The lowest BCUT2D eigenvalue weighted by Gasteiger charge is -2.04. The summed E-state index contributed by atoms with van der Waals surface area (Å²) in [6.07, 6.45) is 2.06. The van der Waals surface area contributed by atoms with Crippen LogP contribution in [-0.4, -0.2) is 16.5 Å². The molecule has 0 aliphatic carbocycles. The molecule has 1 aromatic heterocycles. The standard InChI is InChI=1S/C11H11F2N3/c12-6-3-4-7-10(9(6)13)16-11(15-7)8-2-1-5-14-8/h3-4,8,14H,1-2,5H2,(H,15,16)/t8-/m0/s1. The summed E-state index contributed by atoms with van der Waals surface area (Å²) in [6.45, 7) is 0.943. The van der Waals surface area contributed by atoms with E-state index in [1.807, 2.05) is 0 Å². The highest BCUT2D eigenvalue weighted by atomic mass is 19.2. The number of halogens is 2. The molecule has 2 heterocycles. The molecule has 0 bridgehead atoms. The molecular formula is C11H11F2N3. The molecule has 0 unspecified atom stereocenters. The number of imidazole rings is 1. The first kappa shape index (κ1) is 9.72. The quantitative estimate of drug-likeness (QED) is 0.778. The van der Waals surface area contributed by atoms with E-state index >= 15 is 0 Å². The zero-order valence-electron chi connectivity index (χ0n) is 8.56. The average molecular weight is 223 g/mol. The summed E-state index contributed by atoms with van der Waals surface area (Å²) in [5, 5.41) is 3.26. The lowest BCUT2D eigenvalue weighted by Crippen LogP contribution is -2.14. The molecule has 3 nitrogen and oxygen atoms in total. The van der Waals surface area contributed by atoms with Crippen LogP contribution in [0.1, 0.15) is 24.7 Å². The number of hydrogen-bond acceptors (Lipinski definition) is 2. The lowest BCUT2D eigenvalue weighted by atomic mass is 10.2. The average Bonchev–Trinajstić information content (AvgIpc) is 2.91. The molecule has 0 saturated carbocycles. The van der Waals surface area contributed by atoms with Crippen LogP contribution in [0.3, 0.4) is 0 Å². The number of rotatable bonds is 1. The topological polar surface area (TPSA) is 40.7 Å². The maximum atomic E-state index is 13.4. The van der Waals surface area contributed by atoms with Gasteiger partial charge < -0.3 is 10.3 Å². The molecule has 1 aromatic carbocycles. The summed E-state index contributed by atoms with van der Waals surface area (Å²) in [5.41, 5.74) is 0.631. The number of hydrogen-bond donors (Lipinski definition) is 2. The molecule has 16 heavy (non-hydrogen) atoms. The van der Waals surface area contributed by atoms with Gasteiger partial charge in [0.15, 0.2) is 11.6 Å². The van der Waals surface area contributed by atoms with Crippen molar-refractivity contribution >= 4 is 11.0 Å². The monoisotopic (exact) mass is 223 g/mol. The second-order valence-electron chi connectivity index (χ2n) is 4.03. The molecule has 0 amide bonds. The van der Waals surface area contributed by atoms with Crippen molar-refractivity contribution in [2.75, 3.05) is 6.54 Å². The molecule has 1 aliphatic heterocycles. The van der Waals surface area contributed by atoms with Gasteiger partial charge in [0.25, 0.3) is 0 Å². The Hall–Kier alpha value is -1.49. The highest BCUT2D eigenvalue weighted by Crippen LogP contribution is 2.25. The Morgan fingerprint density at radius 2 is 2.19 bits per heavy atom. The Kier molecular flexibility index (Phi) is 2.14. The maximum absolute atomic E-state index is 13.4. The largest absolute Gasteiger partial charge is 0.341 e. The summed E-state index contributed by atoms with van der Waals surface area (Å²) in [6, 6.07) is 2.76. The normalized spacial score (nSPS) is 20.8. The third kappa shape index (κ3) is 1.39. The lowest BCUT2D eigenvalue weighted by molar-refractivity contribution is 0.515. The fourth-order valence-corrected chi connectivity index (χ4v) is 2.12. The van der Waals surface area contributed by atoms with Gasteiger partial charge in [-0.25, -0.2) is 13.8 Å². The van der Waals surface area contributed by atoms with Gasteiger partial charge >= 0.3 is 0 Å². The molecule has 2 N–H and O–H groups in total. The summed E-state index contributed by atoms with van der Waals surface area (Å²) in [4.78, 5) is 7.15. The van der Waals surface area contributed by atoms with Crippen LogP contribution in [0.4, 0.5) is 8.78 Å². The van der Waals surface area contributed by atoms with Gasteiger partial charge in [-0.3, -0.25) is 0 Å². The van der Waals surface area contributed by atoms with Crippen LogP contribution in [0.2, 0.25) is 0 Å². The van der Waals surface area contributed by atoms with Crippen LogP contribution < -0.4 is 5.32 Å². The van der Waals surface area contributed by atoms with Crippen LogP contribution in [0.25, 0.3) is 11.0 Å². The maximum Gasteiger partial charge on any atom is 0.186 e. The van der Waals surface area contributed by atoms with E-state index in [-0.39, 0.29) is 11.6 Å². The van der Waals surface area contributed by atoms with Crippen molar-refractivity contribution in [2.45, 2.75) is 18.9 Å². The van der Waals surface area contributed by atoms with E-state index in [4.69, 9.17) is 0 Å². The molecule has 1 atom stereocenters. The van der Waals surface area contributed by atoms with Crippen LogP contribution in [0, 0.1) is 11.6 Å². The van der Waals surface area contributed by atoms with Crippen molar-refractivity contribution in [3.8, 4) is 0 Å². The minimum atomic E-state index is -0.877. The summed E-state index contributed by atoms with van der Waals surface area (Å²) in [7, 11) is 0. The molecule has 2 aromatic rings. The minimum absolute atomic E-state index is 0.0868. The first-order valence-electron chi connectivity index (χ1n) is 5.33. The van der Waals surface area contributed by atoms with E-state index in [0.717, 1.165) is 25.5 Å². The number of benzene rings is 1. The molecule has 3 rings (SSSR count). The first-order chi connectivity index (χ1) is 7.75. The second kappa shape index (κ2) is 3.52. The fraction of sp³-hybridized carbons (Fsp3) is 0.364. The van der Waals surface area contributed by atoms with Crippen molar-refractivity contribution < 1.29 is 8.78 Å². The highest BCUT2D eigenvalue weighted by molar-refractivity contribution is 5.75. The number of fused-ring (bicyclic) bond motifs is 1. The van der Waals surface area contributed by atoms with Crippen molar-refractivity contribution in [3.63, 3.8) is 0 Å². The van der Waals surface area contributed by atoms with Crippen molar-refractivity contribution in [2.24, 2.45) is 0 Å². The number of nitrogens with zero attached hydrogens (tertiary/aromatic N) is 1. The van der Waals surface area contributed by atoms with Gasteiger partial charge in [-0.15, -0.1) is 0 Å². The number of nitrogens with one attached hydrogen (secondary N) is 2. The molecule has 1 saturated heterocycles. The Labute approximate surface area is 90.9 Å². The third-order valence-corrected chi connectivity index (χ3v) is 2.95. The highest BCUT2D eigenvalue weighted by Gasteiger charge is 2.21. The molecule has 1 aliphatic rings. The van der Waals surface area contributed by atoms with E-state index in [1.54, 1.807) is 0 Å². The van der Waals surface area contributed by atoms with Crippen LogP contribution in [0.5, 0.6) is 0 Å². The molecular weight excluding hydrogens is 212 g/mol. The van der Waals surface area contributed by atoms with Gasteiger partial charge in [-0.1, -0.05) is 0 Å². The Morgan fingerprint density at radius 1 is 1.31 bits per heavy atom. The molecule has 1 fully saturated rings. The predicted octanol–water partition coefficient (Wildman–Crippen LogP) is 2.27. The van der Waals surface area contributed by atoms with Gasteiger partial charge in [-0.2, -0.15) is 0 Å². The van der Waals surface area contributed by atoms with Gasteiger partial charge in [0.1, 0.15) is 11.3 Å². The van der Waals surface area contributed by atoms with E-state index < -0.39 is 11.6 Å². The smallest absolute Gasteiger partial charge is 0.186 e. The Bertz CT molecular complexity index is 529. The van der Waals surface area contributed by atoms with Gasteiger partial charge in [-0.05, 0) is 31.5 Å². The van der Waals surface area contributed by atoms with Crippen LogP contribution in [0.15, 0.2) is 12.1 Å². The summed E-state index contributed by atoms with van der Waals surface area (Å²) >= 11 is 0. The van der Waals surface area contributed by atoms with Crippen molar-refractivity contribution in [1.29, 1.82) is 0 Å². The van der Waals surface area contributed by atoms with Crippen LogP contribution in [-0.2, 0) is 0 Å². The number of aromatic nitrogens is 2. The zero-order chi connectivity index (χ0) is 11.1. The van der Waals surface area contributed by atoms with Crippen molar-refractivity contribution in [3.05, 3.63) is 29.6 Å². The van der Waals surface area contributed by atoms with E-state index in [9.17, 15) is 8.78 Å². The number of H-pyrrole nitrogens is 1. The molecule has 84 valence electrons. The van der Waals surface area contributed by atoms with E-state index in [2.05, 4.69) is 15.3 Å².